The molecular formula is C27H33N3O9. The molecule has 1 saturated carbocycles. The molecule has 0 saturated heterocycles. The molecule has 4 rings (SSSR count). The van der Waals surface area contributed by atoms with Crippen molar-refractivity contribution in [3.63, 3.8) is 0 Å². The number of ether oxygens (including phenoxy) is 1. The normalized spacial score (nSPS) is 28.2. The Bertz CT molecular complexity index is 1350. The van der Waals surface area contributed by atoms with Crippen molar-refractivity contribution in [1.82, 2.24) is 15.5 Å². The lowest BCUT2D eigenvalue weighted by molar-refractivity contribution is -0.157. The number of ketones is 3. The van der Waals surface area contributed by atoms with Crippen LogP contribution in [0.3, 0.4) is 0 Å². The molecule has 0 unspecified atom stereocenters. The van der Waals surface area contributed by atoms with Crippen molar-refractivity contribution in [2.75, 3.05) is 34.8 Å². The Kier molecular flexibility index (Phi) is 7.09. The Morgan fingerprint density at radius 1 is 1.18 bits per heavy atom. The van der Waals surface area contributed by atoms with E-state index < -0.39 is 63.5 Å². The number of aromatic hydroxyl groups is 1. The number of carbonyl (C=O) groups is 4. The van der Waals surface area contributed by atoms with Gasteiger partial charge in [0.1, 0.15) is 22.8 Å². The van der Waals surface area contributed by atoms with E-state index in [0.717, 1.165) is 6.92 Å². The summed E-state index contributed by atoms with van der Waals surface area (Å²) >= 11 is 0. The van der Waals surface area contributed by atoms with Crippen LogP contribution in [-0.4, -0.2) is 95.2 Å². The number of hydrogen-bond donors (Lipinski definition) is 6. The number of aliphatic hydroxyl groups excluding tert-OH is 2. The zero-order valence-corrected chi connectivity index (χ0v) is 22.4. The number of alkyl carbamates (subject to hydrolysis) is 1. The van der Waals surface area contributed by atoms with Crippen LogP contribution in [0.1, 0.15) is 30.0 Å². The van der Waals surface area contributed by atoms with Gasteiger partial charge in [-0.15, -0.1) is 0 Å². The summed E-state index contributed by atoms with van der Waals surface area (Å²) in [5, 5.41) is 50.9. The van der Waals surface area contributed by atoms with Gasteiger partial charge in [-0.05, 0) is 58.1 Å². The molecule has 0 heterocycles. The summed E-state index contributed by atoms with van der Waals surface area (Å²) in [5.74, 6) is -5.94. The van der Waals surface area contributed by atoms with Crippen molar-refractivity contribution in [1.29, 1.82) is 0 Å². The largest absolute Gasteiger partial charge is 0.508 e. The van der Waals surface area contributed by atoms with Crippen LogP contribution in [0.5, 0.6) is 5.75 Å². The molecule has 3 aliphatic carbocycles. The third-order valence-corrected chi connectivity index (χ3v) is 8.15. The van der Waals surface area contributed by atoms with E-state index in [1.165, 1.54) is 18.1 Å². The van der Waals surface area contributed by atoms with Crippen LogP contribution in [0, 0.1) is 11.3 Å². The van der Waals surface area contributed by atoms with Crippen LogP contribution in [0.15, 0.2) is 29.0 Å². The number of methoxy groups -OCH3 is 1. The molecule has 1 fully saturated rings. The van der Waals surface area contributed by atoms with Gasteiger partial charge < -0.3 is 35.8 Å². The SMILES string of the molecule is CNCc1ccc(O)c2c1C[C@@]1(CNC(=O)OC)C[C@H]3[C@H](N(C)C)C(=O)C(C(C)=O)=C(O)[C@@]3(O)C(=O)C1=C2O. The van der Waals surface area contributed by atoms with E-state index in [1.54, 1.807) is 27.2 Å². The van der Waals surface area contributed by atoms with Crippen LogP contribution in [0.4, 0.5) is 4.79 Å². The summed E-state index contributed by atoms with van der Waals surface area (Å²) in [5.41, 5.74) is -3.89. The van der Waals surface area contributed by atoms with Gasteiger partial charge in [-0.1, -0.05) is 6.07 Å². The molecule has 210 valence electrons. The molecule has 12 heteroatoms. The molecule has 0 aromatic heterocycles. The first kappa shape index (κ1) is 28.3. The number of phenols is 1. The minimum Gasteiger partial charge on any atom is -0.508 e. The van der Waals surface area contributed by atoms with Crippen molar-refractivity contribution in [2.24, 2.45) is 11.3 Å². The van der Waals surface area contributed by atoms with Gasteiger partial charge in [0.05, 0.1) is 18.7 Å². The topological polar surface area (TPSA) is 186 Å². The average molecular weight is 544 g/mol. The summed E-state index contributed by atoms with van der Waals surface area (Å²) < 4.78 is 4.72. The van der Waals surface area contributed by atoms with E-state index in [0.29, 0.717) is 17.7 Å². The van der Waals surface area contributed by atoms with Gasteiger partial charge in [0, 0.05) is 30.0 Å². The molecule has 12 nitrogen and oxygen atoms in total. The third kappa shape index (κ3) is 4.01. The molecule has 0 aliphatic heterocycles. The highest BCUT2D eigenvalue weighted by Gasteiger charge is 2.67. The summed E-state index contributed by atoms with van der Waals surface area (Å²) in [7, 11) is 5.99. The summed E-state index contributed by atoms with van der Waals surface area (Å²) in [4.78, 5) is 53.8. The van der Waals surface area contributed by atoms with E-state index in [2.05, 4.69) is 10.6 Å². The van der Waals surface area contributed by atoms with Gasteiger partial charge in [-0.25, -0.2) is 4.79 Å². The van der Waals surface area contributed by atoms with Gasteiger partial charge in [-0.2, -0.15) is 0 Å². The minimum atomic E-state index is -2.72. The number of phenolic OH excluding ortho intramolecular Hbond substituents is 1. The summed E-state index contributed by atoms with van der Waals surface area (Å²) in [6, 6.07) is 1.86. The number of nitrogens with zero attached hydrogens (tertiary/aromatic N) is 1. The highest BCUT2D eigenvalue weighted by atomic mass is 16.5. The predicted molar refractivity (Wildman–Crippen MR) is 138 cm³/mol. The van der Waals surface area contributed by atoms with Gasteiger partial charge in [0.25, 0.3) is 0 Å². The number of rotatable bonds is 6. The second-order valence-electron chi connectivity index (χ2n) is 10.6. The summed E-state index contributed by atoms with van der Waals surface area (Å²) in [6.45, 7) is 1.17. The van der Waals surface area contributed by atoms with E-state index in [-0.39, 0.29) is 36.3 Å². The fourth-order valence-electron chi connectivity index (χ4n) is 6.49. The van der Waals surface area contributed by atoms with Gasteiger partial charge in [-0.3, -0.25) is 19.3 Å². The number of fused-ring (bicyclic) bond motifs is 3. The lowest BCUT2D eigenvalue weighted by Gasteiger charge is -2.55. The lowest BCUT2D eigenvalue weighted by atomic mass is 9.51. The molecule has 1 amide bonds. The number of Topliss-reactive ketones (excluding diaryl/α,β-unsaturated/α-hetero) is 3. The molecule has 39 heavy (non-hydrogen) atoms. The van der Waals surface area contributed by atoms with Crippen LogP contribution in [0.25, 0.3) is 5.76 Å². The Morgan fingerprint density at radius 2 is 1.85 bits per heavy atom. The fourth-order valence-corrected chi connectivity index (χ4v) is 6.49. The van der Waals surface area contributed by atoms with Crippen LogP contribution < -0.4 is 10.6 Å². The zero-order chi connectivity index (χ0) is 29.0. The van der Waals surface area contributed by atoms with Crippen molar-refractivity contribution in [3.05, 3.63) is 45.7 Å². The monoisotopic (exact) mass is 543 g/mol. The zero-order valence-electron chi connectivity index (χ0n) is 22.4. The number of hydrogen-bond acceptors (Lipinski definition) is 11. The van der Waals surface area contributed by atoms with Crippen LogP contribution >= 0.6 is 0 Å². The van der Waals surface area contributed by atoms with Crippen molar-refractivity contribution >= 4 is 29.2 Å². The predicted octanol–water partition coefficient (Wildman–Crippen LogP) is 0.513. The van der Waals surface area contributed by atoms with E-state index in [1.807, 2.05) is 0 Å². The lowest BCUT2D eigenvalue weighted by Crippen LogP contribution is -2.68. The first-order valence-corrected chi connectivity index (χ1v) is 12.4. The molecule has 0 radical (unpaired) electrons. The van der Waals surface area contributed by atoms with Crippen LogP contribution in [0.2, 0.25) is 0 Å². The van der Waals surface area contributed by atoms with Crippen molar-refractivity contribution in [3.8, 4) is 5.75 Å². The van der Waals surface area contributed by atoms with Gasteiger partial charge >= 0.3 is 6.09 Å². The Morgan fingerprint density at radius 3 is 2.41 bits per heavy atom. The number of nitrogens with one attached hydrogen (secondary N) is 2. The average Bonchev–Trinajstić information content (AvgIpc) is 2.86. The van der Waals surface area contributed by atoms with Crippen molar-refractivity contribution in [2.45, 2.75) is 38.0 Å². The van der Waals surface area contributed by atoms with Crippen LogP contribution in [-0.2, 0) is 32.1 Å². The molecule has 6 N–H and O–H groups in total. The smallest absolute Gasteiger partial charge is 0.406 e. The third-order valence-electron chi connectivity index (χ3n) is 8.15. The Hall–Kier alpha value is -3.74. The number of amides is 1. The van der Waals surface area contributed by atoms with Crippen molar-refractivity contribution < 1.29 is 44.3 Å². The number of aliphatic hydroxyl groups is 3. The maximum Gasteiger partial charge on any atom is 0.406 e. The first-order valence-electron chi connectivity index (χ1n) is 12.4. The molecule has 0 spiro atoms. The highest BCUT2D eigenvalue weighted by molar-refractivity contribution is 6.25. The minimum absolute atomic E-state index is 0.00634. The van der Waals surface area contributed by atoms with Gasteiger partial charge in [0.2, 0.25) is 5.78 Å². The molecule has 0 bridgehead atoms. The maximum absolute atomic E-state index is 14.3. The van der Waals surface area contributed by atoms with E-state index >= 15 is 0 Å². The second-order valence-corrected chi connectivity index (χ2v) is 10.6. The number of likely N-dealkylation sites (N-methyl/N-ethyl adjacent to an activating group) is 1. The number of benzene rings is 1. The fraction of sp³-hybridized carbons (Fsp3) is 0.481. The maximum atomic E-state index is 14.3. The molecule has 1 aromatic rings. The number of carbonyl (C=O) groups excluding carboxylic acids is 4. The quantitative estimate of drug-likeness (QED) is 0.275. The Balaban J connectivity index is 2.06. The highest BCUT2D eigenvalue weighted by Crippen LogP contribution is 2.58. The molecular weight excluding hydrogens is 510 g/mol. The van der Waals surface area contributed by atoms with Gasteiger partial charge in [0.15, 0.2) is 17.2 Å². The van der Waals surface area contributed by atoms with E-state index in [4.69, 9.17) is 4.74 Å². The molecule has 3 aliphatic rings. The van der Waals surface area contributed by atoms with E-state index in [9.17, 15) is 39.6 Å². The second kappa shape index (κ2) is 9.78. The standard InChI is InChI=1S/C27H33N3O9/c1-12(31)17-22(34)20(30(3)4)15-9-26(11-29-25(37)39-5)8-14-13(10-28-2)6-7-16(32)18(14)21(33)19(26)24(36)27(15,38)23(17)35/h6-7,15,20,28,32-33,35,38H,8-11H2,1-5H3,(H,29,37)/t15-,20-,26-,27+/m0/s1. The molecule has 1 aromatic carbocycles. The summed E-state index contributed by atoms with van der Waals surface area (Å²) in [6.07, 6.45) is -0.927. The molecule has 4 atom stereocenters. The first-order chi connectivity index (χ1) is 18.3. The Labute approximate surface area is 224 Å².